The summed E-state index contributed by atoms with van der Waals surface area (Å²) >= 11 is 2.50. The van der Waals surface area contributed by atoms with Crippen molar-refractivity contribution in [3.63, 3.8) is 0 Å². The summed E-state index contributed by atoms with van der Waals surface area (Å²) in [6, 6.07) is 14.9. The smallest absolute Gasteiger partial charge is 0.272 e. The van der Waals surface area contributed by atoms with Crippen molar-refractivity contribution in [2.75, 3.05) is 18.2 Å². The summed E-state index contributed by atoms with van der Waals surface area (Å²) in [5.41, 5.74) is 1.74. The van der Waals surface area contributed by atoms with Crippen LogP contribution in [0.3, 0.4) is 0 Å². The molecule has 158 valence electrons. The Balaban J connectivity index is 1.57. The molecule has 0 aliphatic rings. The zero-order valence-electron chi connectivity index (χ0n) is 16.5. The second-order valence-corrected chi connectivity index (χ2v) is 8.47. The van der Waals surface area contributed by atoms with Crippen LogP contribution in [0.4, 0.5) is 10.1 Å². The highest BCUT2D eigenvalue weighted by Crippen LogP contribution is 2.22. The number of thiophene rings is 1. The van der Waals surface area contributed by atoms with E-state index in [2.05, 4.69) is 10.3 Å². The molecular formula is C22H18FN3O3S2. The minimum atomic E-state index is -0.427. The molecule has 0 fully saturated rings. The average Bonchev–Trinajstić information content (AvgIpc) is 3.24. The first-order valence-electron chi connectivity index (χ1n) is 9.32. The quantitative estimate of drug-likeness (QED) is 0.331. The number of carbonyl (C=O) groups is 1. The van der Waals surface area contributed by atoms with Crippen LogP contribution in [0.5, 0.6) is 5.75 Å². The number of halogens is 1. The fraction of sp³-hybridized carbons (Fsp3) is 0.136. The van der Waals surface area contributed by atoms with E-state index in [-0.39, 0.29) is 17.2 Å². The van der Waals surface area contributed by atoms with Crippen molar-refractivity contribution in [2.24, 2.45) is 0 Å². The summed E-state index contributed by atoms with van der Waals surface area (Å²) in [5.74, 6) is 0.0162. The number of ether oxygens (including phenoxy) is 1. The van der Waals surface area contributed by atoms with Gasteiger partial charge in [-0.15, -0.1) is 11.3 Å². The maximum absolute atomic E-state index is 13.3. The molecule has 4 rings (SSSR count). The average molecular weight is 456 g/mol. The number of methoxy groups -OCH3 is 1. The zero-order chi connectivity index (χ0) is 21.8. The van der Waals surface area contributed by atoms with E-state index in [1.54, 1.807) is 23.8 Å². The number of nitrogens with zero attached hydrogens (tertiary/aromatic N) is 2. The predicted molar refractivity (Wildman–Crippen MR) is 122 cm³/mol. The summed E-state index contributed by atoms with van der Waals surface area (Å²) in [6.45, 7) is 0.317. The topological polar surface area (TPSA) is 73.2 Å². The predicted octanol–water partition coefficient (Wildman–Crippen LogP) is 4.38. The number of nitrogens with one attached hydrogen (secondary N) is 1. The third-order valence-corrected chi connectivity index (χ3v) is 6.34. The molecule has 0 spiro atoms. The van der Waals surface area contributed by atoms with Gasteiger partial charge in [0, 0.05) is 5.69 Å². The third-order valence-electron chi connectivity index (χ3n) is 4.47. The Morgan fingerprint density at radius 1 is 1.23 bits per heavy atom. The molecule has 2 aromatic carbocycles. The Hall–Kier alpha value is -3.17. The summed E-state index contributed by atoms with van der Waals surface area (Å²) in [4.78, 5) is 30.0. The van der Waals surface area contributed by atoms with Gasteiger partial charge >= 0.3 is 0 Å². The summed E-state index contributed by atoms with van der Waals surface area (Å²) in [6.07, 6.45) is 0. The van der Waals surface area contributed by atoms with Crippen LogP contribution in [0, 0.1) is 5.82 Å². The number of benzene rings is 2. The van der Waals surface area contributed by atoms with Gasteiger partial charge in [-0.25, -0.2) is 9.37 Å². The standard InChI is InChI=1S/C22H18FN3O3S2/c1-29-17-7-5-14(6-8-17)12-26-21(28)20-18(9-10-30-20)25-22(26)31-13-19(27)24-16-4-2-3-15(23)11-16/h2-11H,12-13H2,1H3,(H,24,27). The van der Waals surface area contributed by atoms with Crippen LogP contribution >= 0.6 is 23.1 Å². The van der Waals surface area contributed by atoms with Gasteiger partial charge in [0.05, 0.1) is 24.9 Å². The van der Waals surface area contributed by atoms with Gasteiger partial charge in [-0.3, -0.25) is 14.2 Å². The minimum Gasteiger partial charge on any atom is -0.497 e. The van der Waals surface area contributed by atoms with Crippen molar-refractivity contribution in [3.05, 3.63) is 81.7 Å². The van der Waals surface area contributed by atoms with Crippen molar-refractivity contribution < 1.29 is 13.9 Å². The van der Waals surface area contributed by atoms with Crippen molar-refractivity contribution in [3.8, 4) is 5.75 Å². The summed E-state index contributed by atoms with van der Waals surface area (Å²) in [5, 5.41) is 4.92. The Kier molecular flexibility index (Phi) is 6.34. The van der Waals surface area contributed by atoms with E-state index < -0.39 is 5.82 Å². The fourth-order valence-electron chi connectivity index (χ4n) is 2.98. The molecule has 0 aliphatic carbocycles. The molecule has 0 saturated carbocycles. The van der Waals surface area contributed by atoms with Crippen LogP contribution in [0.1, 0.15) is 5.56 Å². The summed E-state index contributed by atoms with van der Waals surface area (Å²) < 4.78 is 20.7. The lowest BCUT2D eigenvalue weighted by Gasteiger charge is -2.12. The highest BCUT2D eigenvalue weighted by Gasteiger charge is 2.15. The van der Waals surface area contributed by atoms with Crippen molar-refractivity contribution in [1.29, 1.82) is 0 Å². The maximum Gasteiger partial charge on any atom is 0.272 e. The van der Waals surface area contributed by atoms with Gasteiger partial charge in [-0.2, -0.15) is 0 Å². The fourth-order valence-corrected chi connectivity index (χ4v) is 4.56. The van der Waals surface area contributed by atoms with Crippen LogP contribution in [0.25, 0.3) is 10.2 Å². The van der Waals surface area contributed by atoms with Gasteiger partial charge in [0.15, 0.2) is 5.16 Å². The second-order valence-electron chi connectivity index (χ2n) is 6.62. The first kappa shape index (κ1) is 21.1. The molecule has 1 N–H and O–H groups in total. The van der Waals surface area contributed by atoms with E-state index in [9.17, 15) is 14.0 Å². The van der Waals surface area contributed by atoms with Crippen LogP contribution in [-0.4, -0.2) is 28.3 Å². The Morgan fingerprint density at radius 3 is 2.77 bits per heavy atom. The largest absolute Gasteiger partial charge is 0.497 e. The van der Waals surface area contributed by atoms with E-state index >= 15 is 0 Å². The van der Waals surface area contributed by atoms with Gasteiger partial charge in [0.25, 0.3) is 5.56 Å². The highest BCUT2D eigenvalue weighted by atomic mass is 32.2. The van der Waals surface area contributed by atoms with Crippen LogP contribution in [0.2, 0.25) is 0 Å². The molecule has 0 unspecified atom stereocenters. The Bertz CT molecular complexity index is 1290. The number of fused-ring (bicyclic) bond motifs is 1. The van der Waals surface area contributed by atoms with E-state index in [4.69, 9.17) is 4.74 Å². The number of amides is 1. The van der Waals surface area contributed by atoms with E-state index in [1.807, 2.05) is 29.6 Å². The highest BCUT2D eigenvalue weighted by molar-refractivity contribution is 7.99. The van der Waals surface area contributed by atoms with E-state index in [0.29, 0.717) is 27.6 Å². The second kappa shape index (κ2) is 9.32. The normalized spacial score (nSPS) is 10.9. The first-order valence-corrected chi connectivity index (χ1v) is 11.2. The molecule has 0 bridgehead atoms. The number of hydrogen-bond donors (Lipinski definition) is 1. The van der Waals surface area contributed by atoms with E-state index in [1.165, 1.54) is 29.5 Å². The van der Waals surface area contributed by atoms with E-state index in [0.717, 1.165) is 23.1 Å². The van der Waals surface area contributed by atoms with Crippen molar-refractivity contribution in [1.82, 2.24) is 9.55 Å². The lowest BCUT2D eigenvalue weighted by Crippen LogP contribution is -2.24. The van der Waals surface area contributed by atoms with Crippen molar-refractivity contribution in [2.45, 2.75) is 11.7 Å². The van der Waals surface area contributed by atoms with Gasteiger partial charge in [0.1, 0.15) is 16.3 Å². The lowest BCUT2D eigenvalue weighted by atomic mass is 10.2. The molecule has 0 aliphatic heterocycles. The number of anilines is 1. The molecule has 6 nitrogen and oxygen atoms in total. The van der Waals surface area contributed by atoms with Gasteiger partial charge in [-0.05, 0) is 47.3 Å². The summed E-state index contributed by atoms with van der Waals surface area (Å²) in [7, 11) is 1.60. The number of rotatable bonds is 7. The number of thioether (sulfide) groups is 1. The molecule has 2 heterocycles. The first-order chi connectivity index (χ1) is 15.0. The van der Waals surface area contributed by atoms with Gasteiger partial charge < -0.3 is 10.1 Å². The number of aromatic nitrogens is 2. The number of hydrogen-bond acceptors (Lipinski definition) is 6. The molecule has 1 amide bonds. The Labute approximate surface area is 185 Å². The molecule has 31 heavy (non-hydrogen) atoms. The molecule has 4 aromatic rings. The third kappa shape index (κ3) is 4.95. The molecule has 0 saturated heterocycles. The van der Waals surface area contributed by atoms with Crippen LogP contribution < -0.4 is 15.6 Å². The minimum absolute atomic E-state index is 0.0290. The van der Waals surface area contributed by atoms with Gasteiger partial charge in [0.2, 0.25) is 5.91 Å². The molecular weight excluding hydrogens is 437 g/mol. The van der Waals surface area contributed by atoms with Crippen LogP contribution in [0.15, 0.2) is 69.9 Å². The van der Waals surface area contributed by atoms with Crippen LogP contribution in [-0.2, 0) is 11.3 Å². The SMILES string of the molecule is COc1ccc(Cn2c(SCC(=O)Nc3cccc(F)c3)nc3ccsc3c2=O)cc1. The Morgan fingerprint density at radius 2 is 2.03 bits per heavy atom. The lowest BCUT2D eigenvalue weighted by molar-refractivity contribution is -0.113. The maximum atomic E-state index is 13.3. The molecule has 0 atom stereocenters. The molecule has 9 heteroatoms. The molecule has 0 radical (unpaired) electrons. The number of carbonyl (C=O) groups excluding carboxylic acids is 1. The monoisotopic (exact) mass is 455 g/mol. The van der Waals surface area contributed by atoms with Crippen molar-refractivity contribution >= 4 is 44.9 Å². The zero-order valence-corrected chi connectivity index (χ0v) is 18.1. The molecule has 2 aromatic heterocycles. The van der Waals surface area contributed by atoms with Gasteiger partial charge in [-0.1, -0.05) is 30.0 Å².